The lowest BCUT2D eigenvalue weighted by Gasteiger charge is -1.93. The Balaban J connectivity index is 0. The van der Waals surface area contributed by atoms with E-state index in [0.717, 1.165) is 0 Å². The van der Waals surface area contributed by atoms with Gasteiger partial charge in [-0.05, 0) is 0 Å². The van der Waals surface area contributed by atoms with Crippen molar-refractivity contribution in [2.75, 3.05) is 17.2 Å². The first-order valence-corrected chi connectivity index (χ1v) is 3.96. The summed E-state index contributed by atoms with van der Waals surface area (Å²) >= 11 is 0. The van der Waals surface area contributed by atoms with Crippen LogP contribution in [0.25, 0.3) is 0 Å². The molecule has 80 valence electrons. The minimum Gasteiger partial charge on any atom is -0.368 e. The maximum absolute atomic E-state index is 8.70. The molecule has 0 saturated heterocycles. The molecule has 0 aliphatic carbocycles. The lowest BCUT2D eigenvalue weighted by molar-refractivity contribution is 0.405. The van der Waals surface area contributed by atoms with Gasteiger partial charge in [-0.15, -0.1) is 9.79 Å². The molecule has 0 aliphatic rings. The predicted octanol–water partition coefficient (Wildman–Crippen LogP) is -1.12. The summed E-state index contributed by atoms with van der Waals surface area (Å²) < 4.78 is 8.70. The fourth-order valence-electron chi connectivity index (χ4n) is 0.427. The molecule has 1 rings (SSSR count). The van der Waals surface area contributed by atoms with Crippen LogP contribution in [0.1, 0.15) is 7.43 Å². The summed E-state index contributed by atoms with van der Waals surface area (Å²) in [5.74, 6) is 0.125. The molecule has 0 saturated carbocycles. The average molecular weight is 223 g/mol. The van der Waals surface area contributed by atoms with E-state index >= 15 is 0 Å². The van der Waals surface area contributed by atoms with Crippen molar-refractivity contribution < 1.29 is 14.4 Å². The summed E-state index contributed by atoms with van der Waals surface area (Å²) in [5, 5.41) is 0. The van der Waals surface area contributed by atoms with Crippen LogP contribution in [0.15, 0.2) is 0 Å². The predicted molar refractivity (Wildman–Crippen MR) is 51.8 cm³/mol. The highest BCUT2D eigenvalue weighted by Gasteiger charge is 1.94. The van der Waals surface area contributed by atoms with Crippen molar-refractivity contribution in [3.63, 3.8) is 0 Å². The van der Waals surface area contributed by atoms with Gasteiger partial charge in [-0.1, -0.05) is 7.43 Å². The molecule has 8 N–H and O–H groups in total. The molecule has 9 nitrogen and oxygen atoms in total. The van der Waals surface area contributed by atoms with Crippen molar-refractivity contribution in [1.82, 2.24) is 15.0 Å². The third-order valence-corrected chi connectivity index (χ3v) is 0.687. The summed E-state index contributed by atoms with van der Waals surface area (Å²) in [6.45, 7) is 0. The summed E-state index contributed by atoms with van der Waals surface area (Å²) in [7, 11) is -2.87. The lowest BCUT2D eigenvalue weighted by Crippen LogP contribution is -2.05. The molecule has 0 spiro atoms. The number of rotatable bonds is 0. The molecular weight excluding hydrogens is 211 g/mol. The first-order valence-electron chi connectivity index (χ1n) is 2.79. The summed E-state index contributed by atoms with van der Waals surface area (Å²) in [6.07, 6.45) is 0. The Kier molecular flexibility index (Phi) is 7.35. The third-order valence-electron chi connectivity index (χ3n) is 0.687. The van der Waals surface area contributed by atoms with Gasteiger partial charge in [0.15, 0.2) is 0 Å². The van der Waals surface area contributed by atoms with Crippen LogP contribution in [0.5, 0.6) is 0 Å². The van der Waals surface area contributed by atoms with Gasteiger partial charge in [-0.3, -0.25) is 0 Å². The fraction of sp³-hybridized carbons (Fsp3) is 0.250. The van der Waals surface area contributed by atoms with Crippen LogP contribution in [0.3, 0.4) is 0 Å². The third kappa shape index (κ3) is 8.53. The second kappa shape index (κ2) is 6.89. The van der Waals surface area contributed by atoms with E-state index in [1.165, 1.54) is 0 Å². The van der Waals surface area contributed by atoms with E-state index in [1.807, 2.05) is 0 Å². The number of aromatic nitrogens is 3. The number of hydrogen-bond acceptors (Lipinski definition) is 7. The van der Waals surface area contributed by atoms with Crippen molar-refractivity contribution >= 4 is 26.1 Å². The van der Waals surface area contributed by atoms with Crippen molar-refractivity contribution in [1.29, 1.82) is 0 Å². The highest BCUT2D eigenvalue weighted by Crippen LogP contribution is 1.98. The van der Waals surface area contributed by atoms with Gasteiger partial charge in [0.25, 0.3) is 0 Å². The molecular formula is C4H12N6O3P+. The van der Waals surface area contributed by atoms with Gasteiger partial charge >= 0.3 is 8.25 Å². The van der Waals surface area contributed by atoms with Crippen molar-refractivity contribution in [2.45, 2.75) is 7.43 Å². The van der Waals surface area contributed by atoms with E-state index in [1.54, 1.807) is 0 Å². The summed E-state index contributed by atoms with van der Waals surface area (Å²) in [5.41, 5.74) is 15.4. The normalized spacial score (nSPS) is 7.86. The van der Waals surface area contributed by atoms with E-state index in [2.05, 4.69) is 15.0 Å². The van der Waals surface area contributed by atoms with Crippen molar-refractivity contribution in [3.8, 4) is 0 Å². The number of hydrogen-bond donors (Lipinski definition) is 5. The van der Waals surface area contributed by atoms with Crippen LogP contribution in [-0.2, 0) is 4.57 Å². The molecule has 0 bridgehead atoms. The van der Waals surface area contributed by atoms with E-state index in [0.29, 0.717) is 0 Å². The molecule has 14 heavy (non-hydrogen) atoms. The number of anilines is 3. The second-order valence-electron chi connectivity index (χ2n) is 1.66. The van der Waals surface area contributed by atoms with Crippen LogP contribution >= 0.6 is 8.25 Å². The molecule has 0 unspecified atom stereocenters. The Hall–Kier alpha value is -1.57. The second-order valence-corrected chi connectivity index (χ2v) is 2.17. The summed E-state index contributed by atoms with van der Waals surface area (Å²) in [4.78, 5) is 24.7. The molecule has 0 atom stereocenters. The zero-order valence-corrected chi connectivity index (χ0v) is 7.22. The van der Waals surface area contributed by atoms with Gasteiger partial charge in [-0.2, -0.15) is 15.0 Å². The molecule has 10 heteroatoms. The smallest absolute Gasteiger partial charge is 0.368 e. The Morgan fingerprint density at radius 1 is 0.929 bits per heavy atom. The highest BCUT2D eigenvalue weighted by atomic mass is 31.1. The van der Waals surface area contributed by atoms with Gasteiger partial charge in [0.2, 0.25) is 17.8 Å². The van der Waals surface area contributed by atoms with Gasteiger partial charge < -0.3 is 17.2 Å². The van der Waals surface area contributed by atoms with E-state index < -0.39 is 8.25 Å². The number of nitrogen functional groups attached to an aromatic ring is 3. The Bertz CT molecular complexity index is 253. The molecule has 0 aromatic carbocycles. The summed E-state index contributed by atoms with van der Waals surface area (Å²) in [6, 6.07) is 0. The van der Waals surface area contributed by atoms with E-state index in [9.17, 15) is 0 Å². The van der Waals surface area contributed by atoms with E-state index in [4.69, 9.17) is 31.6 Å². The number of nitrogens with two attached hydrogens (primary N) is 3. The van der Waals surface area contributed by atoms with Crippen LogP contribution in [0.2, 0.25) is 0 Å². The molecule has 0 amide bonds. The molecule has 1 heterocycles. The van der Waals surface area contributed by atoms with Crippen LogP contribution in [-0.4, -0.2) is 24.7 Å². The Labute approximate surface area is 81.0 Å². The van der Waals surface area contributed by atoms with Gasteiger partial charge in [0, 0.05) is 4.57 Å². The maximum Gasteiger partial charge on any atom is 0.692 e. The zero-order chi connectivity index (χ0) is 10.4. The first kappa shape index (κ1) is 14.9. The minimum atomic E-state index is -2.87. The van der Waals surface area contributed by atoms with Crippen LogP contribution < -0.4 is 17.2 Å². The van der Waals surface area contributed by atoms with Crippen LogP contribution in [0.4, 0.5) is 17.8 Å². The lowest BCUT2D eigenvalue weighted by atomic mass is 10.9. The monoisotopic (exact) mass is 223 g/mol. The topological polar surface area (TPSA) is 174 Å². The van der Waals surface area contributed by atoms with Crippen molar-refractivity contribution in [3.05, 3.63) is 0 Å². The Morgan fingerprint density at radius 3 is 1.21 bits per heavy atom. The van der Waals surface area contributed by atoms with Gasteiger partial charge in [0.05, 0.1) is 0 Å². The van der Waals surface area contributed by atoms with Gasteiger partial charge in [0.1, 0.15) is 0 Å². The number of nitrogens with zero attached hydrogens (tertiary/aromatic N) is 3. The van der Waals surface area contributed by atoms with Gasteiger partial charge in [-0.25, -0.2) is 0 Å². The fourth-order valence-corrected chi connectivity index (χ4v) is 0.427. The SMILES string of the molecule is C.Nc1nc(N)nc(N)n1.O=[P+](O)O. The average Bonchev–Trinajstić information content (AvgIpc) is 1.80. The molecule has 0 aliphatic heterocycles. The molecule has 1 aromatic rings. The van der Waals surface area contributed by atoms with E-state index in [-0.39, 0.29) is 25.3 Å². The largest absolute Gasteiger partial charge is 0.692 e. The quantitative estimate of drug-likeness (QED) is 0.341. The Morgan fingerprint density at radius 2 is 1.07 bits per heavy atom. The molecule has 0 fully saturated rings. The maximum atomic E-state index is 8.70. The van der Waals surface area contributed by atoms with Crippen LogP contribution in [0, 0.1) is 0 Å². The minimum absolute atomic E-state index is 0. The standard InChI is InChI=1S/C3H6N6.CH4.HO3P/c4-1-7-2(5)9-3(6)8-1;;1-4(2)3/h(H6,4,5,6,7,8,9);1H4;(H-,1,2,3)/p+1. The first-order chi connectivity index (χ1) is 5.91. The zero-order valence-electron chi connectivity index (χ0n) is 6.32. The molecule has 1 aromatic heterocycles. The van der Waals surface area contributed by atoms with Crippen molar-refractivity contribution in [2.24, 2.45) is 0 Å². The highest BCUT2D eigenvalue weighted by molar-refractivity contribution is 7.30. The molecule has 0 radical (unpaired) electrons.